The van der Waals surface area contributed by atoms with Crippen LogP contribution >= 0.6 is 0 Å². The van der Waals surface area contributed by atoms with E-state index in [1.165, 1.54) is 0 Å². The number of H-pyrrole nitrogens is 1. The SMILES string of the molecule is O=C(O)C1(c2ccc3[nH]c(C(F)(F)F)cc3c2)CCCCC1. The minimum Gasteiger partial charge on any atom is -0.481 e. The minimum atomic E-state index is -4.44. The molecule has 6 heteroatoms. The molecule has 0 saturated heterocycles. The Labute approximate surface area is 125 Å². The van der Waals surface area contributed by atoms with E-state index in [-0.39, 0.29) is 0 Å². The van der Waals surface area contributed by atoms with Crippen molar-refractivity contribution >= 4 is 16.9 Å². The summed E-state index contributed by atoms with van der Waals surface area (Å²) in [6.45, 7) is 0. The lowest BCUT2D eigenvalue weighted by atomic mass is 9.69. The van der Waals surface area contributed by atoms with Gasteiger partial charge in [-0.1, -0.05) is 25.3 Å². The van der Waals surface area contributed by atoms with E-state index in [4.69, 9.17) is 0 Å². The molecule has 0 atom stereocenters. The average Bonchev–Trinajstić information content (AvgIpc) is 2.91. The Morgan fingerprint density at radius 1 is 1.14 bits per heavy atom. The zero-order chi connectivity index (χ0) is 16.0. The molecule has 2 N–H and O–H groups in total. The number of nitrogens with one attached hydrogen (secondary N) is 1. The number of aromatic amines is 1. The van der Waals surface area contributed by atoms with Crippen molar-refractivity contribution < 1.29 is 23.1 Å². The molecule has 3 nitrogen and oxygen atoms in total. The van der Waals surface area contributed by atoms with Crippen molar-refractivity contribution in [2.24, 2.45) is 0 Å². The Balaban J connectivity index is 2.09. The van der Waals surface area contributed by atoms with E-state index in [9.17, 15) is 23.1 Å². The number of halogens is 3. The van der Waals surface area contributed by atoms with Gasteiger partial charge in [0.05, 0.1) is 5.41 Å². The summed E-state index contributed by atoms with van der Waals surface area (Å²) in [4.78, 5) is 14.1. The van der Waals surface area contributed by atoms with E-state index in [1.54, 1.807) is 18.2 Å². The number of aromatic nitrogens is 1. The van der Waals surface area contributed by atoms with E-state index in [2.05, 4.69) is 4.98 Å². The molecule has 118 valence electrons. The largest absolute Gasteiger partial charge is 0.481 e. The Morgan fingerprint density at radius 3 is 2.41 bits per heavy atom. The van der Waals surface area contributed by atoms with Gasteiger partial charge in [-0.3, -0.25) is 4.79 Å². The highest BCUT2D eigenvalue weighted by Gasteiger charge is 2.41. The topological polar surface area (TPSA) is 53.1 Å². The molecule has 3 rings (SSSR count). The quantitative estimate of drug-likeness (QED) is 0.859. The summed E-state index contributed by atoms with van der Waals surface area (Å²) in [6.07, 6.45) is -0.723. The number of carboxylic acid groups (broad SMARTS) is 1. The summed E-state index contributed by atoms with van der Waals surface area (Å²) in [5.74, 6) is -0.891. The van der Waals surface area contributed by atoms with Gasteiger partial charge in [0.1, 0.15) is 5.69 Å². The van der Waals surface area contributed by atoms with Gasteiger partial charge in [-0.15, -0.1) is 0 Å². The number of aliphatic carboxylic acids is 1. The highest BCUT2D eigenvalue weighted by molar-refractivity contribution is 5.86. The lowest BCUT2D eigenvalue weighted by Crippen LogP contribution is -2.37. The van der Waals surface area contributed by atoms with Gasteiger partial charge in [-0.2, -0.15) is 13.2 Å². The zero-order valence-corrected chi connectivity index (χ0v) is 11.8. The first kappa shape index (κ1) is 14.9. The molecule has 0 spiro atoms. The molecule has 0 radical (unpaired) electrons. The van der Waals surface area contributed by atoms with Crippen LogP contribution in [-0.4, -0.2) is 16.1 Å². The van der Waals surface area contributed by atoms with Crippen LogP contribution < -0.4 is 0 Å². The standard InChI is InChI=1S/C16H16F3NO2/c17-16(18,19)13-9-10-8-11(4-5-12(10)20-13)15(14(21)22)6-2-1-3-7-15/h4-5,8-9,20H,1-3,6-7H2,(H,21,22). The van der Waals surface area contributed by atoms with Crippen LogP contribution in [0.15, 0.2) is 24.3 Å². The van der Waals surface area contributed by atoms with E-state index in [0.717, 1.165) is 25.3 Å². The molecule has 1 aliphatic rings. The van der Waals surface area contributed by atoms with Crippen molar-refractivity contribution in [1.29, 1.82) is 0 Å². The molecule has 1 aromatic heterocycles. The number of hydrogen-bond acceptors (Lipinski definition) is 1. The van der Waals surface area contributed by atoms with Crippen LogP contribution in [0.2, 0.25) is 0 Å². The molecule has 1 aliphatic carbocycles. The molecule has 1 fully saturated rings. The summed E-state index contributed by atoms with van der Waals surface area (Å²) in [5, 5.41) is 10.1. The van der Waals surface area contributed by atoms with Crippen LogP contribution in [0.4, 0.5) is 13.2 Å². The van der Waals surface area contributed by atoms with Crippen LogP contribution in [0.5, 0.6) is 0 Å². The summed E-state index contributed by atoms with van der Waals surface area (Å²) in [7, 11) is 0. The smallest absolute Gasteiger partial charge is 0.431 e. The van der Waals surface area contributed by atoms with Crippen LogP contribution in [0, 0.1) is 0 Å². The van der Waals surface area contributed by atoms with Crippen LogP contribution in [0.25, 0.3) is 10.9 Å². The lowest BCUT2D eigenvalue weighted by molar-refractivity contribution is -0.145. The third-order valence-corrected chi connectivity index (χ3v) is 4.60. The van der Waals surface area contributed by atoms with Gasteiger partial charge in [0.2, 0.25) is 0 Å². The molecule has 0 aliphatic heterocycles. The maximum atomic E-state index is 12.8. The normalized spacial score (nSPS) is 18.5. The second-order valence-electron chi connectivity index (χ2n) is 5.93. The molecule has 0 unspecified atom stereocenters. The lowest BCUT2D eigenvalue weighted by Gasteiger charge is -2.33. The van der Waals surface area contributed by atoms with E-state index >= 15 is 0 Å². The maximum absolute atomic E-state index is 12.8. The van der Waals surface area contributed by atoms with Crippen LogP contribution in [0.1, 0.15) is 43.4 Å². The van der Waals surface area contributed by atoms with E-state index < -0.39 is 23.3 Å². The fraction of sp³-hybridized carbons (Fsp3) is 0.438. The number of carbonyl (C=O) groups is 1. The predicted molar refractivity (Wildman–Crippen MR) is 75.7 cm³/mol. The van der Waals surface area contributed by atoms with Crippen molar-refractivity contribution in [1.82, 2.24) is 4.98 Å². The monoisotopic (exact) mass is 311 g/mol. The summed E-state index contributed by atoms with van der Waals surface area (Å²) < 4.78 is 38.3. The van der Waals surface area contributed by atoms with E-state index in [0.29, 0.717) is 29.3 Å². The fourth-order valence-electron chi connectivity index (χ4n) is 3.36. The highest BCUT2D eigenvalue weighted by Crippen LogP contribution is 2.41. The number of fused-ring (bicyclic) bond motifs is 1. The van der Waals surface area contributed by atoms with Crippen molar-refractivity contribution in [2.45, 2.75) is 43.7 Å². The molecule has 1 heterocycles. The summed E-state index contributed by atoms with van der Waals surface area (Å²) >= 11 is 0. The number of rotatable bonds is 2. The van der Waals surface area contributed by atoms with Gasteiger partial charge in [0, 0.05) is 10.9 Å². The van der Waals surface area contributed by atoms with Gasteiger partial charge in [0.15, 0.2) is 0 Å². The number of alkyl halides is 3. The molecular weight excluding hydrogens is 295 g/mol. The Bertz CT molecular complexity index is 712. The van der Waals surface area contributed by atoms with Crippen LogP contribution in [0.3, 0.4) is 0 Å². The average molecular weight is 311 g/mol. The maximum Gasteiger partial charge on any atom is 0.431 e. The third kappa shape index (κ3) is 2.36. The van der Waals surface area contributed by atoms with Gasteiger partial charge >= 0.3 is 12.1 Å². The molecular formula is C16H16F3NO2. The Hall–Kier alpha value is -1.98. The zero-order valence-electron chi connectivity index (χ0n) is 11.8. The van der Waals surface area contributed by atoms with Gasteiger partial charge < -0.3 is 10.1 Å². The number of hydrogen-bond donors (Lipinski definition) is 2. The van der Waals surface area contributed by atoms with Crippen molar-refractivity contribution in [3.63, 3.8) is 0 Å². The first-order chi connectivity index (χ1) is 10.3. The second kappa shape index (κ2) is 5.04. The Morgan fingerprint density at radius 2 is 1.82 bits per heavy atom. The minimum absolute atomic E-state index is 0.368. The predicted octanol–water partition coefficient (Wildman–Crippen LogP) is 4.47. The van der Waals surface area contributed by atoms with Crippen LogP contribution in [-0.2, 0) is 16.4 Å². The number of benzene rings is 1. The number of carboxylic acids is 1. The molecule has 2 aromatic rings. The van der Waals surface area contributed by atoms with Gasteiger partial charge in [-0.25, -0.2) is 0 Å². The van der Waals surface area contributed by atoms with Gasteiger partial charge in [-0.05, 0) is 36.6 Å². The summed E-state index contributed by atoms with van der Waals surface area (Å²) in [5.41, 5.74) is -0.817. The second-order valence-corrected chi connectivity index (χ2v) is 5.93. The molecule has 1 saturated carbocycles. The summed E-state index contributed by atoms with van der Waals surface area (Å²) in [6, 6.07) is 5.80. The van der Waals surface area contributed by atoms with Gasteiger partial charge in [0.25, 0.3) is 0 Å². The highest BCUT2D eigenvalue weighted by atomic mass is 19.4. The van der Waals surface area contributed by atoms with Crippen molar-refractivity contribution in [2.75, 3.05) is 0 Å². The van der Waals surface area contributed by atoms with Crippen molar-refractivity contribution in [3.8, 4) is 0 Å². The molecule has 0 bridgehead atoms. The third-order valence-electron chi connectivity index (χ3n) is 4.60. The Kier molecular flexibility index (Phi) is 3.42. The fourth-order valence-corrected chi connectivity index (χ4v) is 3.36. The first-order valence-electron chi connectivity index (χ1n) is 7.27. The molecule has 22 heavy (non-hydrogen) atoms. The first-order valence-corrected chi connectivity index (χ1v) is 7.27. The molecule has 0 amide bonds. The molecule has 1 aromatic carbocycles. The van der Waals surface area contributed by atoms with E-state index in [1.807, 2.05) is 0 Å². The van der Waals surface area contributed by atoms with Crippen molar-refractivity contribution in [3.05, 3.63) is 35.5 Å².